The second kappa shape index (κ2) is 7.82. The Morgan fingerprint density at radius 3 is 2.59 bits per heavy atom. The zero-order chi connectivity index (χ0) is 15.9. The Balaban J connectivity index is 1.94. The van der Waals surface area contributed by atoms with Gasteiger partial charge < -0.3 is 14.8 Å². The molecule has 1 aromatic rings. The van der Waals surface area contributed by atoms with Crippen molar-refractivity contribution in [2.45, 2.75) is 45.1 Å². The van der Waals surface area contributed by atoms with E-state index in [2.05, 4.69) is 5.32 Å². The van der Waals surface area contributed by atoms with Gasteiger partial charge in [-0.2, -0.15) is 0 Å². The molecule has 5 nitrogen and oxygen atoms in total. The van der Waals surface area contributed by atoms with E-state index in [1.54, 1.807) is 25.3 Å². The average Bonchev–Trinajstić information content (AvgIpc) is 2.53. The van der Waals surface area contributed by atoms with Crippen molar-refractivity contribution in [3.05, 3.63) is 23.8 Å². The smallest absolute Gasteiger partial charge is 0.258 e. The largest absolute Gasteiger partial charge is 0.497 e. The van der Waals surface area contributed by atoms with Crippen LogP contribution in [0.5, 0.6) is 11.5 Å². The van der Waals surface area contributed by atoms with E-state index < -0.39 is 0 Å². The molecule has 0 unspecified atom stereocenters. The molecule has 1 aliphatic carbocycles. The van der Waals surface area contributed by atoms with Crippen molar-refractivity contribution in [2.24, 2.45) is 0 Å². The lowest BCUT2D eigenvalue weighted by atomic mass is 9.95. The van der Waals surface area contributed by atoms with E-state index in [1.165, 1.54) is 13.3 Å². The molecule has 0 spiro atoms. The third-order valence-electron chi connectivity index (χ3n) is 3.90. The van der Waals surface area contributed by atoms with Gasteiger partial charge in [0.15, 0.2) is 12.4 Å². The Morgan fingerprint density at radius 2 is 1.95 bits per heavy atom. The standard InChI is InChI=1S/C17H23NO4/c1-12(19)15-9-8-14(21-2)10-16(15)22-11-17(20)18-13-6-4-3-5-7-13/h8-10,13H,3-7,11H2,1-2H3,(H,18,20). The number of methoxy groups -OCH3 is 1. The summed E-state index contributed by atoms with van der Waals surface area (Å²) in [5.74, 6) is 0.716. The van der Waals surface area contributed by atoms with E-state index in [1.807, 2.05) is 0 Å². The van der Waals surface area contributed by atoms with Crippen molar-refractivity contribution in [2.75, 3.05) is 13.7 Å². The Morgan fingerprint density at radius 1 is 1.23 bits per heavy atom. The second-order valence-corrected chi connectivity index (χ2v) is 5.61. The summed E-state index contributed by atoms with van der Waals surface area (Å²) in [7, 11) is 1.54. The molecule has 0 aromatic heterocycles. The van der Waals surface area contributed by atoms with E-state index >= 15 is 0 Å². The van der Waals surface area contributed by atoms with Gasteiger partial charge in [0.1, 0.15) is 11.5 Å². The summed E-state index contributed by atoms with van der Waals surface area (Å²) >= 11 is 0. The van der Waals surface area contributed by atoms with E-state index in [0.717, 1.165) is 25.7 Å². The van der Waals surface area contributed by atoms with E-state index in [4.69, 9.17) is 9.47 Å². The molecule has 1 saturated carbocycles. The molecule has 2 rings (SSSR count). The number of carbonyl (C=O) groups is 2. The van der Waals surface area contributed by atoms with E-state index in [-0.39, 0.29) is 24.3 Å². The third-order valence-corrected chi connectivity index (χ3v) is 3.90. The molecule has 0 bridgehead atoms. The van der Waals surface area contributed by atoms with Crippen molar-refractivity contribution in [3.8, 4) is 11.5 Å². The zero-order valence-electron chi connectivity index (χ0n) is 13.2. The average molecular weight is 305 g/mol. The molecular weight excluding hydrogens is 282 g/mol. The number of hydrogen-bond donors (Lipinski definition) is 1. The highest BCUT2D eigenvalue weighted by Gasteiger charge is 2.17. The van der Waals surface area contributed by atoms with E-state index in [0.29, 0.717) is 17.1 Å². The maximum Gasteiger partial charge on any atom is 0.258 e. The van der Waals surface area contributed by atoms with Crippen LogP contribution in [0.15, 0.2) is 18.2 Å². The first-order valence-corrected chi connectivity index (χ1v) is 7.71. The number of ether oxygens (including phenoxy) is 2. The molecule has 0 aliphatic heterocycles. The predicted molar refractivity (Wildman–Crippen MR) is 83.5 cm³/mol. The van der Waals surface area contributed by atoms with Crippen molar-refractivity contribution in [3.63, 3.8) is 0 Å². The van der Waals surface area contributed by atoms with Gasteiger partial charge in [0.25, 0.3) is 5.91 Å². The SMILES string of the molecule is COc1ccc(C(C)=O)c(OCC(=O)NC2CCCCC2)c1. The van der Waals surface area contributed by atoms with Crippen molar-refractivity contribution >= 4 is 11.7 Å². The number of carbonyl (C=O) groups excluding carboxylic acids is 2. The van der Waals surface area contributed by atoms with Gasteiger partial charge in [-0.1, -0.05) is 19.3 Å². The lowest BCUT2D eigenvalue weighted by Gasteiger charge is -2.22. The molecule has 1 aromatic carbocycles. The maximum absolute atomic E-state index is 12.0. The van der Waals surface area contributed by atoms with Crippen LogP contribution < -0.4 is 14.8 Å². The first-order valence-electron chi connectivity index (χ1n) is 7.71. The van der Waals surface area contributed by atoms with Crippen LogP contribution in [0.25, 0.3) is 0 Å². The van der Waals surface area contributed by atoms with Gasteiger partial charge in [0.05, 0.1) is 12.7 Å². The summed E-state index contributed by atoms with van der Waals surface area (Å²) in [4.78, 5) is 23.6. The van der Waals surface area contributed by atoms with Crippen LogP contribution in [0, 0.1) is 0 Å². The molecule has 120 valence electrons. The molecule has 1 fully saturated rings. The number of hydrogen-bond acceptors (Lipinski definition) is 4. The van der Waals surface area contributed by atoms with Gasteiger partial charge in [0.2, 0.25) is 0 Å². The molecule has 22 heavy (non-hydrogen) atoms. The quantitative estimate of drug-likeness (QED) is 0.821. The Bertz CT molecular complexity index is 535. The number of benzene rings is 1. The number of ketones is 1. The molecule has 0 heterocycles. The third kappa shape index (κ3) is 4.48. The zero-order valence-corrected chi connectivity index (χ0v) is 13.2. The number of amides is 1. The van der Waals surface area contributed by atoms with Crippen LogP contribution >= 0.6 is 0 Å². The fraction of sp³-hybridized carbons (Fsp3) is 0.529. The highest BCUT2D eigenvalue weighted by molar-refractivity contribution is 5.97. The summed E-state index contributed by atoms with van der Waals surface area (Å²) < 4.78 is 10.7. The van der Waals surface area contributed by atoms with Crippen molar-refractivity contribution in [1.82, 2.24) is 5.32 Å². The fourth-order valence-corrected chi connectivity index (χ4v) is 2.70. The molecule has 1 aliphatic rings. The van der Waals surface area contributed by atoms with Crippen LogP contribution in [-0.4, -0.2) is 31.4 Å². The Hall–Kier alpha value is -2.04. The normalized spacial score (nSPS) is 15.2. The summed E-state index contributed by atoms with van der Waals surface area (Å²) in [6.45, 7) is 1.38. The topological polar surface area (TPSA) is 64.6 Å². The van der Waals surface area contributed by atoms with Crippen LogP contribution in [0.4, 0.5) is 0 Å². The minimum atomic E-state index is -0.149. The highest BCUT2D eigenvalue weighted by Crippen LogP contribution is 2.25. The summed E-state index contributed by atoms with van der Waals surface area (Å²) in [6, 6.07) is 5.23. The lowest BCUT2D eigenvalue weighted by molar-refractivity contribution is -0.124. The van der Waals surface area contributed by atoms with Crippen LogP contribution in [0.1, 0.15) is 49.4 Å². The summed E-state index contributed by atoms with van der Waals surface area (Å²) in [5.41, 5.74) is 0.450. The molecule has 1 amide bonds. The molecule has 0 radical (unpaired) electrons. The molecule has 0 saturated heterocycles. The minimum absolute atomic E-state index is 0.0933. The van der Waals surface area contributed by atoms with Gasteiger partial charge in [-0.3, -0.25) is 9.59 Å². The van der Waals surface area contributed by atoms with Crippen molar-refractivity contribution in [1.29, 1.82) is 0 Å². The van der Waals surface area contributed by atoms with Gasteiger partial charge in [-0.15, -0.1) is 0 Å². The first kappa shape index (κ1) is 16.3. The van der Waals surface area contributed by atoms with Gasteiger partial charge >= 0.3 is 0 Å². The Labute approximate surface area is 131 Å². The fourth-order valence-electron chi connectivity index (χ4n) is 2.70. The van der Waals surface area contributed by atoms with E-state index in [9.17, 15) is 9.59 Å². The highest BCUT2D eigenvalue weighted by atomic mass is 16.5. The number of nitrogens with one attached hydrogen (secondary N) is 1. The summed E-state index contributed by atoms with van der Waals surface area (Å²) in [5, 5.41) is 2.99. The monoisotopic (exact) mass is 305 g/mol. The number of Topliss-reactive ketones (excluding diaryl/α,β-unsaturated/α-hetero) is 1. The van der Waals surface area contributed by atoms with Gasteiger partial charge in [-0.05, 0) is 31.9 Å². The van der Waals surface area contributed by atoms with Crippen LogP contribution in [0.2, 0.25) is 0 Å². The maximum atomic E-state index is 12.0. The molecular formula is C17H23NO4. The van der Waals surface area contributed by atoms with Gasteiger partial charge in [-0.25, -0.2) is 0 Å². The van der Waals surface area contributed by atoms with Crippen LogP contribution in [-0.2, 0) is 4.79 Å². The number of rotatable bonds is 6. The van der Waals surface area contributed by atoms with Crippen molar-refractivity contribution < 1.29 is 19.1 Å². The second-order valence-electron chi connectivity index (χ2n) is 5.61. The Kier molecular flexibility index (Phi) is 5.81. The van der Waals surface area contributed by atoms with Crippen LogP contribution in [0.3, 0.4) is 0 Å². The first-order chi connectivity index (χ1) is 10.6. The predicted octanol–water partition coefficient (Wildman–Crippen LogP) is 2.73. The lowest BCUT2D eigenvalue weighted by Crippen LogP contribution is -2.39. The molecule has 0 atom stereocenters. The molecule has 5 heteroatoms. The summed E-state index contributed by atoms with van der Waals surface area (Å²) in [6.07, 6.45) is 5.63. The molecule has 1 N–H and O–H groups in total. The minimum Gasteiger partial charge on any atom is -0.497 e. The van der Waals surface area contributed by atoms with Gasteiger partial charge in [0, 0.05) is 12.1 Å².